The lowest BCUT2D eigenvalue weighted by Gasteiger charge is -2.11. The molecular weight excluding hydrogens is 200 g/mol. The van der Waals surface area contributed by atoms with E-state index in [4.69, 9.17) is 4.74 Å². The fraction of sp³-hybridized carbons (Fsp3) is 0.667. The Morgan fingerprint density at radius 1 is 1.71 bits per heavy atom. The van der Waals surface area contributed by atoms with Gasteiger partial charge in [-0.1, -0.05) is 11.3 Å². The molecule has 0 saturated carbocycles. The van der Waals surface area contributed by atoms with E-state index in [9.17, 15) is 4.79 Å². The number of H-pyrrole nitrogens is 1. The van der Waals surface area contributed by atoms with Gasteiger partial charge in [-0.3, -0.25) is 4.79 Å². The first-order chi connectivity index (χ1) is 6.72. The maximum Gasteiger partial charge on any atom is 0.304 e. The number of ether oxygens (including phenoxy) is 1. The van der Waals surface area contributed by atoms with Gasteiger partial charge in [0.25, 0.3) is 0 Å². The highest BCUT2D eigenvalue weighted by molar-refractivity contribution is 7.07. The highest BCUT2D eigenvalue weighted by Gasteiger charge is 2.01. The summed E-state index contributed by atoms with van der Waals surface area (Å²) < 4.78 is 4.97. The predicted molar refractivity (Wildman–Crippen MR) is 57.7 cm³/mol. The average molecular weight is 216 g/mol. The van der Waals surface area contributed by atoms with Gasteiger partial charge in [-0.2, -0.15) is 0 Å². The van der Waals surface area contributed by atoms with Crippen LogP contribution < -0.4 is 10.2 Å². The molecule has 0 aliphatic rings. The molecule has 0 spiro atoms. The summed E-state index contributed by atoms with van der Waals surface area (Å²) in [5.74, 6) is 0. The van der Waals surface area contributed by atoms with Crippen LogP contribution in [0.1, 0.15) is 19.0 Å². The van der Waals surface area contributed by atoms with Gasteiger partial charge < -0.3 is 15.0 Å². The Kier molecular flexibility index (Phi) is 4.86. The molecule has 0 amide bonds. The summed E-state index contributed by atoms with van der Waals surface area (Å²) in [7, 11) is 1.70. The first kappa shape index (κ1) is 11.4. The highest BCUT2D eigenvalue weighted by Crippen LogP contribution is 1.97. The van der Waals surface area contributed by atoms with Crippen LogP contribution in [0.25, 0.3) is 0 Å². The molecule has 2 N–H and O–H groups in total. The topological polar surface area (TPSA) is 54.1 Å². The zero-order valence-electron chi connectivity index (χ0n) is 8.50. The van der Waals surface area contributed by atoms with Gasteiger partial charge >= 0.3 is 4.87 Å². The van der Waals surface area contributed by atoms with Crippen LogP contribution in [-0.4, -0.2) is 24.7 Å². The zero-order valence-corrected chi connectivity index (χ0v) is 9.32. The van der Waals surface area contributed by atoms with Crippen LogP contribution >= 0.6 is 11.3 Å². The third-order valence-electron chi connectivity index (χ3n) is 1.97. The van der Waals surface area contributed by atoms with Gasteiger partial charge in [-0.15, -0.1) is 0 Å². The molecule has 0 aromatic carbocycles. The first-order valence-corrected chi connectivity index (χ1v) is 5.49. The predicted octanol–water partition coefficient (Wildman–Crippen LogP) is 0.951. The summed E-state index contributed by atoms with van der Waals surface area (Å²) in [5.41, 5.74) is 0.948. The first-order valence-electron chi connectivity index (χ1n) is 4.61. The normalized spacial score (nSPS) is 13.0. The van der Waals surface area contributed by atoms with Gasteiger partial charge in [0.05, 0.1) is 0 Å². The van der Waals surface area contributed by atoms with E-state index in [-0.39, 0.29) is 4.87 Å². The maximum atomic E-state index is 10.8. The number of hydrogen-bond acceptors (Lipinski definition) is 4. The van der Waals surface area contributed by atoms with E-state index in [1.807, 2.05) is 5.38 Å². The van der Waals surface area contributed by atoms with E-state index in [1.54, 1.807) is 7.11 Å². The van der Waals surface area contributed by atoms with Crippen molar-refractivity contribution in [2.75, 3.05) is 13.7 Å². The molecular formula is C9H16N2O2S. The molecule has 4 nitrogen and oxygen atoms in total. The van der Waals surface area contributed by atoms with Crippen molar-refractivity contribution in [3.8, 4) is 0 Å². The Hall–Kier alpha value is -0.650. The van der Waals surface area contributed by atoms with Crippen molar-refractivity contribution < 1.29 is 4.74 Å². The molecule has 1 atom stereocenters. The highest BCUT2D eigenvalue weighted by atomic mass is 32.1. The van der Waals surface area contributed by atoms with Crippen molar-refractivity contribution in [2.24, 2.45) is 0 Å². The number of rotatable bonds is 6. The molecule has 0 saturated heterocycles. The van der Waals surface area contributed by atoms with Crippen molar-refractivity contribution in [1.82, 2.24) is 10.3 Å². The molecule has 14 heavy (non-hydrogen) atoms. The summed E-state index contributed by atoms with van der Waals surface area (Å²) in [6, 6.07) is 0.401. The van der Waals surface area contributed by atoms with Crippen LogP contribution in [0.3, 0.4) is 0 Å². The average Bonchev–Trinajstić information content (AvgIpc) is 2.58. The lowest BCUT2D eigenvalue weighted by atomic mass is 10.2. The minimum Gasteiger partial charge on any atom is -0.385 e. The molecule has 0 aliphatic carbocycles. The number of aromatic nitrogens is 1. The van der Waals surface area contributed by atoms with Crippen LogP contribution in [0.5, 0.6) is 0 Å². The maximum absolute atomic E-state index is 10.8. The largest absolute Gasteiger partial charge is 0.385 e. The Morgan fingerprint density at radius 2 is 2.50 bits per heavy atom. The zero-order chi connectivity index (χ0) is 10.4. The van der Waals surface area contributed by atoms with Crippen molar-refractivity contribution in [2.45, 2.75) is 25.9 Å². The van der Waals surface area contributed by atoms with Gasteiger partial charge in [0, 0.05) is 37.4 Å². The van der Waals surface area contributed by atoms with Crippen molar-refractivity contribution >= 4 is 11.3 Å². The van der Waals surface area contributed by atoms with Crippen molar-refractivity contribution in [3.05, 3.63) is 20.7 Å². The Labute approximate surface area is 87.3 Å². The number of thiazole rings is 1. The summed E-state index contributed by atoms with van der Waals surface area (Å²) in [4.78, 5) is 13.6. The lowest BCUT2D eigenvalue weighted by Crippen LogP contribution is -2.27. The van der Waals surface area contributed by atoms with E-state index in [1.165, 1.54) is 11.3 Å². The Bertz CT molecular complexity index is 308. The molecule has 0 fully saturated rings. The fourth-order valence-electron chi connectivity index (χ4n) is 1.08. The van der Waals surface area contributed by atoms with Crippen LogP contribution in [0.2, 0.25) is 0 Å². The van der Waals surface area contributed by atoms with Crippen molar-refractivity contribution in [3.63, 3.8) is 0 Å². The smallest absolute Gasteiger partial charge is 0.304 e. The molecule has 80 valence electrons. The molecule has 1 rings (SSSR count). The summed E-state index contributed by atoms with van der Waals surface area (Å²) in [5, 5.41) is 5.15. The molecule has 5 heteroatoms. The van der Waals surface area contributed by atoms with Gasteiger partial charge in [0.1, 0.15) is 0 Å². The Morgan fingerprint density at radius 3 is 3.07 bits per heavy atom. The standard InChI is InChI=1S/C9H16N2O2S/c1-7(3-4-13-2)10-5-8-6-14-9(12)11-8/h6-7,10H,3-5H2,1-2H3,(H,11,12). The number of nitrogens with one attached hydrogen (secondary N) is 2. The SMILES string of the molecule is COCCC(C)NCc1csc(=O)[nH]1. The number of hydrogen-bond donors (Lipinski definition) is 2. The molecule has 1 unspecified atom stereocenters. The number of aromatic amines is 1. The van der Waals surface area contributed by atoms with E-state index >= 15 is 0 Å². The second-order valence-corrected chi connectivity index (χ2v) is 4.08. The van der Waals surface area contributed by atoms with Crippen LogP contribution in [-0.2, 0) is 11.3 Å². The van der Waals surface area contributed by atoms with E-state index in [0.29, 0.717) is 12.6 Å². The van der Waals surface area contributed by atoms with Crippen LogP contribution in [0, 0.1) is 0 Å². The molecule has 0 aliphatic heterocycles. The second kappa shape index (κ2) is 5.95. The third kappa shape index (κ3) is 4.04. The summed E-state index contributed by atoms with van der Waals surface area (Å²) >= 11 is 1.20. The van der Waals surface area contributed by atoms with Crippen LogP contribution in [0.15, 0.2) is 10.2 Å². The minimum absolute atomic E-state index is 0.00587. The quantitative estimate of drug-likeness (QED) is 0.744. The Balaban J connectivity index is 2.23. The summed E-state index contributed by atoms with van der Waals surface area (Å²) in [6.07, 6.45) is 0.977. The molecule has 0 radical (unpaired) electrons. The van der Waals surface area contributed by atoms with Crippen molar-refractivity contribution in [1.29, 1.82) is 0 Å². The van der Waals surface area contributed by atoms with E-state index < -0.39 is 0 Å². The van der Waals surface area contributed by atoms with Crippen LogP contribution in [0.4, 0.5) is 0 Å². The lowest BCUT2D eigenvalue weighted by molar-refractivity contribution is 0.184. The molecule has 1 aromatic rings. The van der Waals surface area contributed by atoms with Gasteiger partial charge in [-0.25, -0.2) is 0 Å². The van der Waals surface area contributed by atoms with E-state index in [2.05, 4.69) is 17.2 Å². The van der Waals surface area contributed by atoms with Gasteiger partial charge in [0.15, 0.2) is 0 Å². The fourth-order valence-corrected chi connectivity index (χ4v) is 1.66. The molecule has 0 bridgehead atoms. The molecule has 1 heterocycles. The summed E-state index contributed by atoms with van der Waals surface area (Å²) in [6.45, 7) is 3.57. The third-order valence-corrected chi connectivity index (χ3v) is 2.69. The molecule has 1 aromatic heterocycles. The van der Waals surface area contributed by atoms with Gasteiger partial charge in [0.2, 0.25) is 0 Å². The second-order valence-electron chi connectivity index (χ2n) is 3.24. The monoisotopic (exact) mass is 216 g/mol. The number of methoxy groups -OCH3 is 1. The van der Waals surface area contributed by atoms with Gasteiger partial charge in [-0.05, 0) is 13.3 Å². The minimum atomic E-state index is 0.00587. The van der Waals surface area contributed by atoms with E-state index in [0.717, 1.165) is 18.7 Å².